The van der Waals surface area contributed by atoms with Crippen LogP contribution in [0.2, 0.25) is 0 Å². The highest BCUT2D eigenvalue weighted by molar-refractivity contribution is 9.09. The van der Waals surface area contributed by atoms with E-state index >= 15 is 0 Å². The highest BCUT2D eigenvalue weighted by atomic mass is 79.9. The van der Waals surface area contributed by atoms with Crippen molar-refractivity contribution in [2.75, 3.05) is 31.5 Å². The van der Waals surface area contributed by atoms with Crippen molar-refractivity contribution in [2.24, 2.45) is 0 Å². The molecule has 116 valence electrons. The highest BCUT2D eigenvalue weighted by Gasteiger charge is 2.27. The van der Waals surface area contributed by atoms with E-state index in [9.17, 15) is 9.59 Å². The normalized spacial score (nSPS) is 16.1. The van der Waals surface area contributed by atoms with E-state index < -0.39 is 0 Å². The zero-order valence-corrected chi connectivity index (χ0v) is 14.2. The average molecular weight is 347 g/mol. The number of likely N-dealkylation sites (N-methyl/N-ethyl adjacent to an activating group) is 1. The van der Waals surface area contributed by atoms with Crippen molar-refractivity contribution in [3.8, 4) is 0 Å². The van der Waals surface area contributed by atoms with Gasteiger partial charge in [-0.15, -0.1) is 0 Å². The second kappa shape index (κ2) is 10.2. The Morgan fingerprint density at radius 1 is 0.850 bits per heavy atom. The zero-order valence-electron chi connectivity index (χ0n) is 12.6. The molecule has 1 aliphatic rings. The van der Waals surface area contributed by atoms with Gasteiger partial charge in [-0.1, -0.05) is 48.0 Å². The smallest absolute Gasteiger partial charge is 0.242 e. The molecule has 0 aromatic heterocycles. The molecule has 0 aromatic carbocycles. The van der Waals surface area contributed by atoms with Gasteiger partial charge in [0.25, 0.3) is 0 Å². The summed E-state index contributed by atoms with van der Waals surface area (Å²) in [5.74, 6) is 0.186. The Morgan fingerprint density at radius 2 is 1.35 bits per heavy atom. The molecule has 1 fully saturated rings. The Balaban J connectivity index is 2.07. The van der Waals surface area contributed by atoms with E-state index in [1.165, 1.54) is 32.1 Å². The van der Waals surface area contributed by atoms with E-state index in [4.69, 9.17) is 0 Å². The van der Waals surface area contributed by atoms with Crippen molar-refractivity contribution in [3.63, 3.8) is 0 Å². The van der Waals surface area contributed by atoms with Gasteiger partial charge in [-0.05, 0) is 19.8 Å². The second-order valence-electron chi connectivity index (χ2n) is 5.39. The number of rotatable bonds is 10. The maximum atomic E-state index is 11.9. The lowest BCUT2D eigenvalue weighted by Crippen LogP contribution is -2.53. The van der Waals surface area contributed by atoms with Crippen molar-refractivity contribution in [1.29, 1.82) is 0 Å². The van der Waals surface area contributed by atoms with E-state index in [1.807, 2.05) is 6.92 Å². The van der Waals surface area contributed by atoms with Crippen LogP contribution in [0.3, 0.4) is 0 Å². The molecule has 0 bridgehead atoms. The first kappa shape index (κ1) is 17.5. The number of carbonyl (C=O) groups excluding carboxylic acids is 2. The number of amides is 2. The Kier molecular flexibility index (Phi) is 8.90. The van der Waals surface area contributed by atoms with Crippen LogP contribution in [0.5, 0.6) is 0 Å². The van der Waals surface area contributed by atoms with Crippen LogP contribution in [0, 0.1) is 0 Å². The minimum absolute atomic E-state index is 0.0851. The number of hydrogen-bond acceptors (Lipinski definition) is 2. The van der Waals surface area contributed by atoms with Crippen LogP contribution in [0.1, 0.15) is 51.9 Å². The Bertz CT molecular complexity index is 310. The van der Waals surface area contributed by atoms with Crippen LogP contribution in [0.4, 0.5) is 0 Å². The van der Waals surface area contributed by atoms with E-state index in [1.54, 1.807) is 9.80 Å². The lowest BCUT2D eigenvalue weighted by atomic mass is 10.1. The molecule has 0 spiro atoms. The van der Waals surface area contributed by atoms with Crippen molar-refractivity contribution >= 4 is 27.7 Å². The molecule has 1 saturated heterocycles. The fourth-order valence-corrected chi connectivity index (χ4v) is 2.87. The average Bonchev–Trinajstić information content (AvgIpc) is 2.44. The van der Waals surface area contributed by atoms with Crippen LogP contribution >= 0.6 is 15.9 Å². The quantitative estimate of drug-likeness (QED) is 0.450. The van der Waals surface area contributed by atoms with Crippen LogP contribution in [-0.2, 0) is 9.59 Å². The Labute approximate surface area is 131 Å². The lowest BCUT2D eigenvalue weighted by molar-refractivity contribution is -0.149. The molecule has 1 rings (SSSR count). The molecule has 0 aromatic rings. The van der Waals surface area contributed by atoms with Crippen LogP contribution in [0.25, 0.3) is 0 Å². The molecule has 0 saturated carbocycles. The number of alkyl halides is 1. The molecule has 0 N–H and O–H groups in total. The maximum absolute atomic E-state index is 11.9. The fraction of sp³-hybridized carbons (Fsp3) is 0.867. The van der Waals surface area contributed by atoms with Crippen molar-refractivity contribution in [3.05, 3.63) is 0 Å². The molecule has 0 unspecified atom stereocenters. The molecule has 2 amide bonds. The van der Waals surface area contributed by atoms with Gasteiger partial charge in [0, 0.05) is 18.4 Å². The zero-order chi connectivity index (χ0) is 14.8. The largest absolute Gasteiger partial charge is 0.332 e. The number of carbonyl (C=O) groups is 2. The Morgan fingerprint density at radius 3 is 1.95 bits per heavy atom. The third-order valence-electron chi connectivity index (χ3n) is 3.80. The molecule has 5 heteroatoms. The predicted octanol–water partition coefficient (Wildman–Crippen LogP) is 2.80. The van der Waals surface area contributed by atoms with Gasteiger partial charge in [-0.2, -0.15) is 0 Å². The maximum Gasteiger partial charge on any atom is 0.242 e. The number of unbranched alkanes of at least 4 members (excludes halogenated alkanes) is 6. The summed E-state index contributed by atoms with van der Waals surface area (Å²) in [6.45, 7) is 3.83. The number of hydrogen-bond donors (Lipinski definition) is 0. The van der Waals surface area contributed by atoms with Crippen LogP contribution in [-0.4, -0.2) is 53.1 Å². The monoisotopic (exact) mass is 346 g/mol. The van der Waals surface area contributed by atoms with Gasteiger partial charge >= 0.3 is 0 Å². The van der Waals surface area contributed by atoms with E-state index in [-0.39, 0.29) is 24.9 Å². The van der Waals surface area contributed by atoms with Gasteiger partial charge in [0.15, 0.2) is 0 Å². The first-order chi connectivity index (χ1) is 9.69. The van der Waals surface area contributed by atoms with E-state index in [0.29, 0.717) is 6.54 Å². The summed E-state index contributed by atoms with van der Waals surface area (Å²) in [6.07, 6.45) is 8.56. The third kappa shape index (κ3) is 6.25. The molecular weight excluding hydrogens is 320 g/mol. The van der Waals surface area contributed by atoms with Gasteiger partial charge in [-0.3, -0.25) is 9.59 Å². The number of halogens is 1. The van der Waals surface area contributed by atoms with Gasteiger partial charge in [0.05, 0.1) is 13.1 Å². The highest BCUT2D eigenvalue weighted by Crippen LogP contribution is 2.10. The molecule has 0 aliphatic carbocycles. The minimum atomic E-state index is 0.0851. The first-order valence-electron chi connectivity index (χ1n) is 7.80. The SMILES string of the molecule is CCN1CC(=O)N(CCCCCCCCCBr)CC1=O. The van der Waals surface area contributed by atoms with E-state index in [2.05, 4.69) is 15.9 Å². The van der Waals surface area contributed by atoms with E-state index in [0.717, 1.165) is 24.7 Å². The number of piperazine rings is 1. The lowest BCUT2D eigenvalue weighted by Gasteiger charge is -2.33. The molecule has 4 nitrogen and oxygen atoms in total. The van der Waals surface area contributed by atoms with Crippen molar-refractivity contribution in [1.82, 2.24) is 9.80 Å². The molecule has 1 heterocycles. The summed E-state index contributed by atoms with van der Waals surface area (Å²) < 4.78 is 0. The predicted molar refractivity (Wildman–Crippen MR) is 84.9 cm³/mol. The standard InChI is InChI=1S/C15H27BrN2O2/c1-2-17-12-15(20)18(13-14(17)19)11-9-7-5-3-4-6-8-10-16/h2-13H2,1H3. The summed E-state index contributed by atoms with van der Waals surface area (Å²) in [6, 6.07) is 0. The topological polar surface area (TPSA) is 40.6 Å². The second-order valence-corrected chi connectivity index (χ2v) is 6.18. The van der Waals surface area contributed by atoms with Crippen molar-refractivity contribution < 1.29 is 9.59 Å². The summed E-state index contributed by atoms with van der Waals surface area (Å²) in [4.78, 5) is 27.0. The van der Waals surface area contributed by atoms with Crippen LogP contribution < -0.4 is 0 Å². The van der Waals surface area contributed by atoms with Gasteiger partial charge in [0.2, 0.25) is 11.8 Å². The first-order valence-corrected chi connectivity index (χ1v) is 8.92. The summed E-state index contributed by atoms with van der Waals surface area (Å²) >= 11 is 3.44. The van der Waals surface area contributed by atoms with Gasteiger partial charge in [-0.25, -0.2) is 0 Å². The summed E-state index contributed by atoms with van der Waals surface area (Å²) in [5, 5.41) is 1.10. The molecule has 0 atom stereocenters. The molecular formula is C15H27BrN2O2. The van der Waals surface area contributed by atoms with Gasteiger partial charge in [0.1, 0.15) is 0 Å². The summed E-state index contributed by atoms with van der Waals surface area (Å²) in [5.41, 5.74) is 0. The third-order valence-corrected chi connectivity index (χ3v) is 4.36. The summed E-state index contributed by atoms with van der Waals surface area (Å²) in [7, 11) is 0. The molecule has 20 heavy (non-hydrogen) atoms. The van der Waals surface area contributed by atoms with Gasteiger partial charge < -0.3 is 9.80 Å². The molecule has 0 radical (unpaired) electrons. The Hall–Kier alpha value is -0.580. The fourth-order valence-electron chi connectivity index (χ4n) is 2.48. The molecule has 1 aliphatic heterocycles. The van der Waals surface area contributed by atoms with Crippen molar-refractivity contribution in [2.45, 2.75) is 51.9 Å². The minimum Gasteiger partial charge on any atom is -0.332 e. The van der Waals surface area contributed by atoms with Crippen LogP contribution in [0.15, 0.2) is 0 Å². The number of nitrogens with zero attached hydrogens (tertiary/aromatic N) is 2.